The van der Waals surface area contributed by atoms with Crippen LogP contribution in [-0.2, 0) is 0 Å². The Hall–Kier alpha value is -1.11. The van der Waals surface area contributed by atoms with Crippen molar-refractivity contribution in [2.75, 3.05) is 7.05 Å². The lowest BCUT2D eigenvalue weighted by molar-refractivity contribution is 0.434. The molecule has 0 aliphatic heterocycles. The first-order valence-electron chi connectivity index (χ1n) is 5.04. The highest BCUT2D eigenvalue weighted by Gasteiger charge is 2.14. The summed E-state index contributed by atoms with van der Waals surface area (Å²) in [7, 11) is 1.87. The highest BCUT2D eigenvalue weighted by Crippen LogP contribution is 2.21. The van der Waals surface area contributed by atoms with Crippen LogP contribution in [0.4, 0.5) is 0 Å². The lowest BCUT2D eigenvalue weighted by Gasteiger charge is -2.19. The molecule has 0 unspecified atom stereocenters. The zero-order valence-corrected chi connectivity index (χ0v) is 9.54. The molecule has 0 saturated heterocycles. The lowest BCUT2D eigenvalue weighted by Crippen LogP contribution is -2.13. The van der Waals surface area contributed by atoms with Gasteiger partial charge in [0.15, 0.2) is 0 Å². The van der Waals surface area contributed by atoms with Crippen molar-refractivity contribution in [2.45, 2.75) is 27.2 Å². The molecule has 0 spiro atoms. The normalized spacial score (nSPS) is 13.0. The first-order chi connectivity index (χ1) is 6.53. The fourth-order valence-corrected chi connectivity index (χ4v) is 1.44. The maximum atomic E-state index is 4.36. The van der Waals surface area contributed by atoms with Gasteiger partial charge < -0.3 is 0 Å². The van der Waals surface area contributed by atoms with E-state index >= 15 is 0 Å². The minimum absolute atomic E-state index is 0.296. The average Bonchev–Trinajstić information content (AvgIpc) is 2.14. The van der Waals surface area contributed by atoms with Crippen molar-refractivity contribution < 1.29 is 0 Å². The fourth-order valence-electron chi connectivity index (χ4n) is 1.44. The van der Waals surface area contributed by atoms with Gasteiger partial charge in [-0.15, -0.1) is 0 Å². The summed E-state index contributed by atoms with van der Waals surface area (Å²) in [6, 6.07) is 10.4. The number of hydrogen-bond acceptors (Lipinski definition) is 1. The van der Waals surface area contributed by atoms with Gasteiger partial charge in [0.1, 0.15) is 0 Å². The summed E-state index contributed by atoms with van der Waals surface area (Å²) in [6.45, 7) is 6.71. The predicted molar refractivity (Wildman–Crippen MR) is 63.0 cm³/mol. The van der Waals surface area contributed by atoms with Crippen LogP contribution in [0.25, 0.3) is 0 Å². The number of rotatable bonds is 2. The molecular weight excluding hydrogens is 170 g/mol. The van der Waals surface area contributed by atoms with Crippen molar-refractivity contribution in [1.82, 2.24) is 0 Å². The van der Waals surface area contributed by atoms with Gasteiger partial charge in [0, 0.05) is 12.8 Å². The average molecular weight is 189 g/mol. The van der Waals surface area contributed by atoms with Crippen molar-refractivity contribution in [3.63, 3.8) is 0 Å². The summed E-state index contributed by atoms with van der Waals surface area (Å²) < 4.78 is 0. The Bertz CT molecular complexity index is 304. The number of nitrogens with zero attached hydrogens (tertiary/aromatic N) is 1. The Morgan fingerprint density at radius 2 is 1.71 bits per heavy atom. The number of hydrogen-bond donors (Lipinski definition) is 0. The van der Waals surface area contributed by atoms with Crippen molar-refractivity contribution in [3.05, 3.63) is 35.9 Å². The van der Waals surface area contributed by atoms with Crippen LogP contribution in [0.1, 0.15) is 32.8 Å². The van der Waals surface area contributed by atoms with E-state index in [1.165, 1.54) is 11.3 Å². The monoisotopic (exact) mass is 189 g/mol. The molecule has 14 heavy (non-hydrogen) atoms. The molecule has 1 nitrogen and oxygen atoms in total. The molecule has 0 N–H and O–H groups in total. The molecular formula is C13H19N. The molecule has 0 aliphatic carbocycles. The van der Waals surface area contributed by atoms with Crippen LogP contribution in [0.15, 0.2) is 35.3 Å². The van der Waals surface area contributed by atoms with Crippen molar-refractivity contribution >= 4 is 5.71 Å². The molecule has 1 aromatic rings. The Labute approximate surface area is 86.9 Å². The molecule has 0 atom stereocenters. The largest absolute Gasteiger partial charge is 0.292 e. The third-order valence-electron chi connectivity index (χ3n) is 2.07. The summed E-state index contributed by atoms with van der Waals surface area (Å²) in [6.07, 6.45) is 1.02. The van der Waals surface area contributed by atoms with Crippen LogP contribution >= 0.6 is 0 Å². The van der Waals surface area contributed by atoms with Crippen LogP contribution in [0.3, 0.4) is 0 Å². The second kappa shape index (κ2) is 4.41. The Morgan fingerprint density at radius 3 is 2.14 bits per heavy atom. The smallest absolute Gasteiger partial charge is 0.0422 e. The van der Waals surface area contributed by atoms with Crippen LogP contribution in [0, 0.1) is 5.41 Å². The minimum Gasteiger partial charge on any atom is -0.292 e. The predicted octanol–water partition coefficient (Wildman–Crippen LogP) is 3.54. The summed E-state index contributed by atoms with van der Waals surface area (Å²) in [5.74, 6) is 0. The Morgan fingerprint density at radius 1 is 1.14 bits per heavy atom. The van der Waals surface area contributed by atoms with Crippen molar-refractivity contribution in [2.24, 2.45) is 10.4 Å². The zero-order chi connectivity index (χ0) is 10.6. The molecule has 0 amide bonds. The molecule has 76 valence electrons. The standard InChI is InChI=1S/C13H19N/c1-13(2,3)10-12(14-4)11-8-6-5-7-9-11/h5-9H,10H2,1-4H3. The maximum Gasteiger partial charge on any atom is 0.0422 e. The molecule has 1 aromatic carbocycles. The lowest BCUT2D eigenvalue weighted by atomic mass is 9.87. The van der Waals surface area contributed by atoms with Gasteiger partial charge in [-0.2, -0.15) is 0 Å². The summed E-state index contributed by atoms with van der Waals surface area (Å²) in [5.41, 5.74) is 2.73. The number of benzene rings is 1. The second-order valence-electron chi connectivity index (χ2n) is 4.77. The molecule has 0 fully saturated rings. The maximum absolute atomic E-state index is 4.36. The van der Waals surface area contributed by atoms with E-state index in [1.807, 2.05) is 13.1 Å². The zero-order valence-electron chi connectivity index (χ0n) is 9.54. The second-order valence-corrected chi connectivity index (χ2v) is 4.77. The molecule has 0 aromatic heterocycles. The van der Waals surface area contributed by atoms with Crippen LogP contribution in [0.5, 0.6) is 0 Å². The van der Waals surface area contributed by atoms with E-state index in [2.05, 4.69) is 50.0 Å². The van der Waals surface area contributed by atoms with Gasteiger partial charge in [-0.3, -0.25) is 4.99 Å². The first-order valence-corrected chi connectivity index (χ1v) is 5.04. The highest BCUT2D eigenvalue weighted by atomic mass is 14.7. The van der Waals surface area contributed by atoms with E-state index in [9.17, 15) is 0 Å². The van der Waals surface area contributed by atoms with Gasteiger partial charge in [-0.05, 0) is 17.4 Å². The Kier molecular flexibility index (Phi) is 3.45. The van der Waals surface area contributed by atoms with E-state index in [4.69, 9.17) is 0 Å². The van der Waals surface area contributed by atoms with Gasteiger partial charge in [0.2, 0.25) is 0 Å². The van der Waals surface area contributed by atoms with Gasteiger partial charge in [0.05, 0.1) is 0 Å². The quantitative estimate of drug-likeness (QED) is 0.631. The highest BCUT2D eigenvalue weighted by molar-refractivity contribution is 6.00. The molecule has 0 heterocycles. The SMILES string of the molecule is CN=C(CC(C)(C)C)c1ccccc1. The van der Waals surface area contributed by atoms with E-state index in [0.717, 1.165) is 6.42 Å². The van der Waals surface area contributed by atoms with Crippen molar-refractivity contribution in [1.29, 1.82) is 0 Å². The van der Waals surface area contributed by atoms with E-state index in [0.29, 0.717) is 5.41 Å². The fraction of sp³-hybridized carbons (Fsp3) is 0.462. The van der Waals surface area contributed by atoms with E-state index in [1.54, 1.807) is 0 Å². The number of aliphatic imine (C=N–C) groups is 1. The van der Waals surface area contributed by atoms with Crippen LogP contribution in [-0.4, -0.2) is 12.8 Å². The Balaban J connectivity index is 2.85. The van der Waals surface area contributed by atoms with Crippen LogP contribution in [0.2, 0.25) is 0 Å². The minimum atomic E-state index is 0.296. The first kappa shape index (κ1) is 11.0. The van der Waals surface area contributed by atoms with Gasteiger partial charge in [0.25, 0.3) is 0 Å². The molecule has 0 aliphatic rings. The summed E-state index contributed by atoms with van der Waals surface area (Å²) in [4.78, 5) is 4.36. The molecule has 0 saturated carbocycles. The summed E-state index contributed by atoms with van der Waals surface area (Å²) in [5, 5.41) is 0. The van der Waals surface area contributed by atoms with Gasteiger partial charge in [-0.25, -0.2) is 0 Å². The van der Waals surface area contributed by atoms with Crippen LogP contribution < -0.4 is 0 Å². The molecule has 1 heteroatoms. The topological polar surface area (TPSA) is 12.4 Å². The third kappa shape index (κ3) is 3.33. The van der Waals surface area contributed by atoms with E-state index in [-0.39, 0.29) is 0 Å². The summed E-state index contributed by atoms with van der Waals surface area (Å²) >= 11 is 0. The van der Waals surface area contributed by atoms with Gasteiger partial charge >= 0.3 is 0 Å². The molecule has 0 bridgehead atoms. The third-order valence-corrected chi connectivity index (χ3v) is 2.07. The molecule has 1 rings (SSSR count). The van der Waals surface area contributed by atoms with Crippen molar-refractivity contribution in [3.8, 4) is 0 Å². The van der Waals surface area contributed by atoms with E-state index < -0.39 is 0 Å². The molecule has 0 radical (unpaired) electrons. The van der Waals surface area contributed by atoms with Gasteiger partial charge in [-0.1, -0.05) is 51.1 Å².